The molecular weight excluding hydrogens is 308 g/mol. The summed E-state index contributed by atoms with van der Waals surface area (Å²) >= 11 is 0. The van der Waals surface area contributed by atoms with E-state index in [4.69, 9.17) is 9.47 Å². The summed E-state index contributed by atoms with van der Waals surface area (Å²) in [6, 6.07) is 0. The number of hydrogen-bond acceptors (Lipinski definition) is 6. The molecule has 0 heterocycles. The van der Waals surface area contributed by atoms with Gasteiger partial charge in [-0.2, -0.15) is 0 Å². The molecule has 0 bridgehead atoms. The first-order valence-electron chi connectivity index (χ1n) is 8.34. The van der Waals surface area contributed by atoms with E-state index >= 15 is 0 Å². The second-order valence-electron chi connectivity index (χ2n) is 6.19. The zero-order valence-electron chi connectivity index (χ0n) is 15.8. The van der Waals surface area contributed by atoms with E-state index in [1.807, 2.05) is 13.8 Å². The van der Waals surface area contributed by atoms with Gasteiger partial charge in [0.25, 0.3) is 0 Å². The molecule has 0 rings (SSSR count). The average Bonchev–Trinajstić information content (AvgIpc) is 2.49. The quantitative estimate of drug-likeness (QED) is 0.394. The molecule has 6 nitrogen and oxygen atoms in total. The van der Waals surface area contributed by atoms with Crippen LogP contribution in [0.25, 0.3) is 0 Å². The van der Waals surface area contributed by atoms with Crippen LogP contribution in [0.5, 0.6) is 0 Å². The predicted molar refractivity (Wildman–Crippen MR) is 95.7 cm³/mol. The minimum atomic E-state index is -0.804. The highest BCUT2D eigenvalue weighted by atomic mass is 16.5. The Balaban J connectivity index is 3.99. The Morgan fingerprint density at radius 1 is 0.792 bits per heavy atom. The minimum Gasteiger partial charge on any atom is -0.389 e. The highest BCUT2D eigenvalue weighted by Gasteiger charge is 2.25. The lowest BCUT2D eigenvalue weighted by Crippen LogP contribution is -2.34. The van der Waals surface area contributed by atoms with Crippen molar-refractivity contribution in [1.29, 1.82) is 0 Å². The topological polar surface area (TPSA) is 76.7 Å². The molecule has 0 atom stereocenters. The van der Waals surface area contributed by atoms with Crippen LogP contribution in [-0.4, -0.2) is 49.1 Å². The van der Waals surface area contributed by atoms with Crippen molar-refractivity contribution in [2.75, 3.05) is 26.3 Å². The van der Waals surface area contributed by atoms with Crippen LogP contribution in [0.3, 0.4) is 0 Å². The lowest BCUT2D eigenvalue weighted by Gasteiger charge is -2.21. The van der Waals surface area contributed by atoms with Crippen LogP contribution in [0, 0.1) is 0 Å². The van der Waals surface area contributed by atoms with Crippen LogP contribution in [0.4, 0.5) is 0 Å². The van der Waals surface area contributed by atoms with Crippen LogP contribution in [-0.2, 0) is 19.1 Å². The van der Waals surface area contributed by atoms with Gasteiger partial charge in [0, 0.05) is 38.7 Å². The van der Waals surface area contributed by atoms with Crippen molar-refractivity contribution in [3.05, 3.63) is 24.6 Å². The summed E-state index contributed by atoms with van der Waals surface area (Å²) in [6.45, 7) is 12.9. The maximum Gasteiger partial charge on any atom is 0.188 e. The number of ether oxygens (including phenoxy) is 2. The first-order chi connectivity index (χ1) is 11.2. The molecule has 0 aliphatic carbocycles. The van der Waals surface area contributed by atoms with Gasteiger partial charge >= 0.3 is 0 Å². The zero-order chi connectivity index (χ0) is 18.6. The average molecular weight is 340 g/mol. The largest absolute Gasteiger partial charge is 0.389 e. The van der Waals surface area contributed by atoms with Crippen molar-refractivity contribution in [3.63, 3.8) is 0 Å². The molecule has 0 aromatic rings. The SMILES string of the molecule is CCOC(C)(C)C(=O)C=CNCCNC=CC(=O)C(C)(C)OCC. The molecule has 0 aromatic heterocycles. The second-order valence-corrected chi connectivity index (χ2v) is 6.19. The van der Waals surface area contributed by atoms with Crippen LogP contribution in [0.15, 0.2) is 24.6 Å². The van der Waals surface area contributed by atoms with Gasteiger partial charge in [0.1, 0.15) is 11.2 Å². The molecule has 0 aliphatic heterocycles. The fraction of sp³-hybridized carbons (Fsp3) is 0.667. The van der Waals surface area contributed by atoms with Gasteiger partial charge in [-0.1, -0.05) is 0 Å². The first kappa shape index (κ1) is 22.3. The third kappa shape index (κ3) is 8.84. The lowest BCUT2D eigenvalue weighted by atomic mass is 10.0. The Morgan fingerprint density at radius 2 is 1.12 bits per heavy atom. The Bertz CT molecular complexity index is 412. The van der Waals surface area contributed by atoms with E-state index in [-0.39, 0.29) is 11.6 Å². The number of ketones is 2. The Labute approximate surface area is 145 Å². The summed E-state index contributed by atoms with van der Waals surface area (Å²) in [6.07, 6.45) is 6.16. The van der Waals surface area contributed by atoms with Gasteiger partial charge < -0.3 is 20.1 Å². The number of carbonyl (C=O) groups is 2. The van der Waals surface area contributed by atoms with Gasteiger partial charge in [0.2, 0.25) is 0 Å². The highest BCUT2D eigenvalue weighted by Crippen LogP contribution is 2.11. The molecule has 0 amide bonds. The van der Waals surface area contributed by atoms with Crippen molar-refractivity contribution >= 4 is 11.6 Å². The summed E-state index contributed by atoms with van der Waals surface area (Å²) in [5.41, 5.74) is -1.61. The van der Waals surface area contributed by atoms with Crippen molar-refractivity contribution in [1.82, 2.24) is 10.6 Å². The van der Waals surface area contributed by atoms with Gasteiger partial charge in [-0.05, 0) is 53.7 Å². The molecule has 138 valence electrons. The summed E-state index contributed by atoms with van der Waals surface area (Å²) < 4.78 is 10.8. The molecule has 0 saturated carbocycles. The van der Waals surface area contributed by atoms with E-state index in [1.165, 1.54) is 12.2 Å². The third-order valence-electron chi connectivity index (χ3n) is 3.32. The molecule has 0 spiro atoms. The van der Waals surface area contributed by atoms with Crippen molar-refractivity contribution in [2.45, 2.75) is 52.7 Å². The molecule has 24 heavy (non-hydrogen) atoms. The number of rotatable bonds is 13. The third-order valence-corrected chi connectivity index (χ3v) is 3.32. The van der Waals surface area contributed by atoms with Gasteiger partial charge in [-0.15, -0.1) is 0 Å². The number of hydrogen-bond donors (Lipinski definition) is 2. The number of carbonyl (C=O) groups excluding carboxylic acids is 2. The van der Waals surface area contributed by atoms with Gasteiger partial charge in [0.15, 0.2) is 11.6 Å². The normalized spacial score (nSPS) is 12.8. The molecular formula is C18H32N2O4. The van der Waals surface area contributed by atoms with Crippen LogP contribution < -0.4 is 10.6 Å². The molecule has 2 N–H and O–H groups in total. The number of nitrogens with one attached hydrogen (secondary N) is 2. The maximum absolute atomic E-state index is 11.9. The zero-order valence-corrected chi connectivity index (χ0v) is 15.8. The minimum absolute atomic E-state index is 0.0894. The van der Waals surface area contributed by atoms with Gasteiger partial charge in [-0.3, -0.25) is 9.59 Å². The molecule has 6 heteroatoms. The first-order valence-corrected chi connectivity index (χ1v) is 8.34. The Hall–Kier alpha value is -1.66. The Morgan fingerprint density at radius 3 is 1.42 bits per heavy atom. The molecule has 0 saturated heterocycles. The van der Waals surface area contributed by atoms with E-state index in [1.54, 1.807) is 40.1 Å². The Kier molecular flexibility index (Phi) is 10.2. The second kappa shape index (κ2) is 11.0. The van der Waals surface area contributed by atoms with Gasteiger partial charge in [-0.25, -0.2) is 0 Å². The summed E-state index contributed by atoms with van der Waals surface area (Å²) in [5, 5.41) is 6.01. The van der Waals surface area contributed by atoms with Crippen molar-refractivity contribution < 1.29 is 19.1 Å². The summed E-state index contributed by atoms with van der Waals surface area (Å²) in [7, 11) is 0. The monoisotopic (exact) mass is 340 g/mol. The fourth-order valence-corrected chi connectivity index (χ4v) is 1.85. The van der Waals surface area contributed by atoms with Gasteiger partial charge in [0.05, 0.1) is 0 Å². The molecule has 0 radical (unpaired) electrons. The molecule has 0 aromatic carbocycles. The van der Waals surface area contributed by atoms with Crippen LogP contribution >= 0.6 is 0 Å². The molecule has 0 unspecified atom stereocenters. The van der Waals surface area contributed by atoms with E-state index in [9.17, 15) is 9.59 Å². The van der Waals surface area contributed by atoms with E-state index in [2.05, 4.69) is 10.6 Å². The lowest BCUT2D eigenvalue weighted by molar-refractivity contribution is -0.135. The smallest absolute Gasteiger partial charge is 0.188 e. The fourth-order valence-electron chi connectivity index (χ4n) is 1.85. The van der Waals surface area contributed by atoms with E-state index in [0.29, 0.717) is 26.3 Å². The van der Waals surface area contributed by atoms with E-state index < -0.39 is 11.2 Å². The molecule has 0 fully saturated rings. The van der Waals surface area contributed by atoms with E-state index in [0.717, 1.165) is 0 Å². The standard InChI is InChI=1S/C18H32N2O4/c1-7-23-17(3,4)15(21)9-11-19-13-14-20-12-10-16(22)18(5,6)24-8-2/h9-12,19-20H,7-8,13-14H2,1-6H3. The molecule has 0 aliphatic rings. The highest BCUT2D eigenvalue weighted by molar-refractivity contribution is 5.96. The van der Waals surface area contributed by atoms with Crippen molar-refractivity contribution in [3.8, 4) is 0 Å². The van der Waals surface area contributed by atoms with Crippen LogP contribution in [0.1, 0.15) is 41.5 Å². The van der Waals surface area contributed by atoms with Crippen LogP contribution in [0.2, 0.25) is 0 Å². The maximum atomic E-state index is 11.9. The predicted octanol–water partition coefficient (Wildman–Crippen LogP) is 1.96. The summed E-state index contributed by atoms with van der Waals surface area (Å²) in [4.78, 5) is 23.8. The van der Waals surface area contributed by atoms with Crippen molar-refractivity contribution in [2.24, 2.45) is 0 Å². The summed E-state index contributed by atoms with van der Waals surface area (Å²) in [5.74, 6) is -0.179.